The molecule has 0 fully saturated rings. The van der Waals surface area contributed by atoms with Crippen LogP contribution in [0.1, 0.15) is 24.2 Å². The molecule has 0 radical (unpaired) electrons. The van der Waals surface area contributed by atoms with Crippen LogP contribution in [0.4, 0.5) is 5.82 Å². The summed E-state index contributed by atoms with van der Waals surface area (Å²) in [7, 11) is 0. The number of nitrogens with zero attached hydrogens (tertiary/aromatic N) is 2. The predicted octanol–water partition coefficient (Wildman–Crippen LogP) is 1.36. The molecular weight excluding hydrogens is 268 g/mol. The maximum Gasteiger partial charge on any atom is 0.254 e. The number of hydrogen-bond donors (Lipinski definition) is 3. The normalized spacial score (nSPS) is 10.9. The number of nitrogen functional groups attached to an aromatic ring is 1. The van der Waals surface area contributed by atoms with Crippen molar-refractivity contribution in [1.82, 2.24) is 9.88 Å². The van der Waals surface area contributed by atoms with Crippen LogP contribution in [0.5, 0.6) is 0 Å². The minimum atomic E-state index is -0.144. The number of benzene rings is 1. The van der Waals surface area contributed by atoms with Gasteiger partial charge in [0.25, 0.3) is 5.91 Å². The summed E-state index contributed by atoms with van der Waals surface area (Å²) < 4.78 is 0. The minimum Gasteiger partial charge on any atom is -0.395 e. The van der Waals surface area contributed by atoms with Gasteiger partial charge in [0, 0.05) is 18.0 Å². The van der Waals surface area contributed by atoms with Gasteiger partial charge in [0.2, 0.25) is 0 Å². The molecule has 2 aromatic rings. The number of aliphatic hydroxyl groups is 1. The molecule has 0 bridgehead atoms. The number of fused-ring (bicyclic) bond motifs is 1. The van der Waals surface area contributed by atoms with Crippen LogP contribution in [0.2, 0.25) is 0 Å². The maximum atomic E-state index is 12.8. The number of anilines is 1. The van der Waals surface area contributed by atoms with Crippen molar-refractivity contribution in [3.05, 3.63) is 35.9 Å². The molecule has 0 atom stereocenters. The van der Waals surface area contributed by atoms with Crippen LogP contribution < -0.4 is 11.3 Å². The topological polar surface area (TPSA) is 91.5 Å². The molecule has 112 valence electrons. The van der Waals surface area contributed by atoms with E-state index in [2.05, 4.69) is 10.4 Å². The molecule has 0 aliphatic rings. The summed E-state index contributed by atoms with van der Waals surface area (Å²) in [6, 6.07) is 9.04. The smallest absolute Gasteiger partial charge is 0.254 e. The molecule has 0 saturated carbocycles. The quantitative estimate of drug-likeness (QED) is 0.571. The number of aliphatic hydroxyl groups excluding tert-OH is 1. The van der Waals surface area contributed by atoms with E-state index in [9.17, 15) is 4.79 Å². The molecule has 0 spiro atoms. The number of aromatic nitrogens is 1. The SMILES string of the molecule is CC(C)N(CCO)C(=O)c1cc(NN)nc2ccccc12. The van der Waals surface area contributed by atoms with E-state index in [4.69, 9.17) is 10.9 Å². The van der Waals surface area contributed by atoms with E-state index in [1.54, 1.807) is 11.0 Å². The molecule has 1 heterocycles. The van der Waals surface area contributed by atoms with E-state index in [-0.39, 0.29) is 18.6 Å². The lowest BCUT2D eigenvalue weighted by Gasteiger charge is -2.26. The zero-order valence-corrected chi connectivity index (χ0v) is 12.2. The summed E-state index contributed by atoms with van der Waals surface area (Å²) in [5.74, 6) is 5.72. The second-order valence-electron chi connectivity index (χ2n) is 5.03. The summed E-state index contributed by atoms with van der Waals surface area (Å²) in [5, 5.41) is 9.93. The van der Waals surface area contributed by atoms with Crippen LogP contribution in [0.25, 0.3) is 10.9 Å². The van der Waals surface area contributed by atoms with Gasteiger partial charge in [0.05, 0.1) is 17.7 Å². The highest BCUT2D eigenvalue weighted by molar-refractivity contribution is 6.07. The summed E-state index contributed by atoms with van der Waals surface area (Å²) in [5.41, 5.74) is 3.71. The molecule has 1 aromatic carbocycles. The Hall–Kier alpha value is -2.18. The Morgan fingerprint density at radius 3 is 2.76 bits per heavy atom. The van der Waals surface area contributed by atoms with Crippen molar-refractivity contribution in [3.63, 3.8) is 0 Å². The lowest BCUT2D eigenvalue weighted by atomic mass is 10.1. The molecule has 0 saturated heterocycles. The van der Waals surface area contributed by atoms with Crippen LogP contribution in [0.3, 0.4) is 0 Å². The van der Waals surface area contributed by atoms with Crippen LogP contribution in [-0.2, 0) is 0 Å². The van der Waals surface area contributed by atoms with E-state index < -0.39 is 0 Å². The molecule has 6 heteroatoms. The lowest BCUT2D eigenvalue weighted by molar-refractivity contribution is 0.0667. The summed E-state index contributed by atoms with van der Waals surface area (Å²) in [6.07, 6.45) is 0. The number of hydrazine groups is 1. The van der Waals surface area contributed by atoms with Crippen molar-refractivity contribution in [2.45, 2.75) is 19.9 Å². The van der Waals surface area contributed by atoms with E-state index in [0.29, 0.717) is 23.4 Å². The van der Waals surface area contributed by atoms with Gasteiger partial charge in [-0.25, -0.2) is 10.8 Å². The van der Waals surface area contributed by atoms with Gasteiger partial charge in [-0.05, 0) is 26.0 Å². The maximum absolute atomic E-state index is 12.8. The molecule has 4 N–H and O–H groups in total. The van der Waals surface area contributed by atoms with Gasteiger partial charge >= 0.3 is 0 Å². The number of nitrogens with one attached hydrogen (secondary N) is 1. The second-order valence-corrected chi connectivity index (χ2v) is 5.03. The number of para-hydroxylation sites is 1. The molecule has 0 aliphatic carbocycles. The summed E-state index contributed by atoms with van der Waals surface area (Å²) in [6.45, 7) is 4.05. The van der Waals surface area contributed by atoms with E-state index in [0.717, 1.165) is 5.39 Å². The minimum absolute atomic E-state index is 0.00846. The Kier molecular flexibility index (Phi) is 4.72. The van der Waals surface area contributed by atoms with Gasteiger partial charge in [0.15, 0.2) is 0 Å². The molecular formula is C15H20N4O2. The van der Waals surface area contributed by atoms with Crippen molar-refractivity contribution >= 4 is 22.6 Å². The molecule has 1 aromatic heterocycles. The Morgan fingerprint density at radius 2 is 2.14 bits per heavy atom. The highest BCUT2D eigenvalue weighted by Gasteiger charge is 2.21. The van der Waals surface area contributed by atoms with Gasteiger partial charge in [-0.15, -0.1) is 0 Å². The van der Waals surface area contributed by atoms with Crippen molar-refractivity contribution in [2.75, 3.05) is 18.6 Å². The zero-order chi connectivity index (χ0) is 15.4. The summed E-state index contributed by atoms with van der Waals surface area (Å²) in [4.78, 5) is 18.7. The number of carbonyl (C=O) groups is 1. The Bertz CT molecular complexity index is 643. The van der Waals surface area contributed by atoms with E-state index in [1.807, 2.05) is 38.1 Å². The third kappa shape index (κ3) is 3.12. The zero-order valence-electron chi connectivity index (χ0n) is 12.2. The van der Waals surface area contributed by atoms with Crippen LogP contribution in [-0.4, -0.2) is 40.1 Å². The average molecular weight is 288 g/mol. The highest BCUT2D eigenvalue weighted by atomic mass is 16.3. The van der Waals surface area contributed by atoms with Gasteiger partial charge in [0.1, 0.15) is 5.82 Å². The predicted molar refractivity (Wildman–Crippen MR) is 82.8 cm³/mol. The Balaban J connectivity index is 2.55. The molecule has 1 amide bonds. The van der Waals surface area contributed by atoms with Gasteiger partial charge in [-0.1, -0.05) is 18.2 Å². The van der Waals surface area contributed by atoms with Crippen molar-refractivity contribution < 1.29 is 9.90 Å². The monoisotopic (exact) mass is 288 g/mol. The van der Waals surface area contributed by atoms with Gasteiger partial charge in [-0.3, -0.25) is 4.79 Å². The average Bonchev–Trinajstić information content (AvgIpc) is 2.50. The molecule has 0 unspecified atom stereocenters. The largest absolute Gasteiger partial charge is 0.395 e. The first-order valence-corrected chi connectivity index (χ1v) is 6.86. The fraction of sp³-hybridized carbons (Fsp3) is 0.333. The molecule has 6 nitrogen and oxygen atoms in total. The lowest BCUT2D eigenvalue weighted by Crippen LogP contribution is -2.39. The van der Waals surface area contributed by atoms with Gasteiger partial charge in [-0.2, -0.15) is 0 Å². The number of pyridine rings is 1. The third-order valence-corrected chi connectivity index (χ3v) is 3.32. The number of hydrogen-bond acceptors (Lipinski definition) is 5. The number of nitrogens with two attached hydrogens (primary N) is 1. The standard InChI is InChI=1S/C15H20N4O2/c1-10(2)19(7-8-20)15(21)12-9-14(18-16)17-13-6-4-3-5-11(12)13/h3-6,9-10,20H,7-8,16H2,1-2H3,(H,17,18). The van der Waals surface area contributed by atoms with Crippen molar-refractivity contribution in [1.29, 1.82) is 0 Å². The van der Waals surface area contributed by atoms with E-state index >= 15 is 0 Å². The fourth-order valence-corrected chi connectivity index (χ4v) is 2.28. The van der Waals surface area contributed by atoms with Crippen LogP contribution in [0, 0.1) is 0 Å². The first-order valence-electron chi connectivity index (χ1n) is 6.86. The molecule has 2 rings (SSSR count). The van der Waals surface area contributed by atoms with Crippen molar-refractivity contribution in [2.24, 2.45) is 5.84 Å². The first-order chi connectivity index (χ1) is 10.1. The van der Waals surface area contributed by atoms with Gasteiger partial charge < -0.3 is 15.4 Å². The summed E-state index contributed by atoms with van der Waals surface area (Å²) >= 11 is 0. The number of carbonyl (C=O) groups excluding carboxylic acids is 1. The fourth-order valence-electron chi connectivity index (χ4n) is 2.28. The van der Waals surface area contributed by atoms with Crippen LogP contribution >= 0.6 is 0 Å². The second kappa shape index (κ2) is 6.51. The highest BCUT2D eigenvalue weighted by Crippen LogP contribution is 2.22. The first kappa shape index (κ1) is 15.2. The third-order valence-electron chi connectivity index (χ3n) is 3.32. The van der Waals surface area contributed by atoms with Crippen LogP contribution in [0.15, 0.2) is 30.3 Å². The number of amides is 1. The Morgan fingerprint density at radius 1 is 1.43 bits per heavy atom. The molecule has 21 heavy (non-hydrogen) atoms. The van der Waals surface area contributed by atoms with E-state index in [1.165, 1.54) is 0 Å². The van der Waals surface area contributed by atoms with Crippen molar-refractivity contribution in [3.8, 4) is 0 Å². The number of rotatable bonds is 5. The molecule has 0 aliphatic heterocycles. The Labute approximate surface area is 123 Å².